The molecule has 7 heteroatoms. The Morgan fingerprint density at radius 2 is 2.07 bits per heavy atom. The number of nitrogens with zero attached hydrogens (tertiary/aromatic N) is 1. The van der Waals surface area contributed by atoms with Crippen molar-refractivity contribution in [2.45, 2.75) is 77.2 Å². The number of allylic oxidation sites excluding steroid dienone is 1. The number of rotatable bonds is 11. The predicted octanol–water partition coefficient (Wildman–Crippen LogP) is 4.23. The van der Waals surface area contributed by atoms with Crippen molar-refractivity contribution in [2.75, 3.05) is 13.7 Å². The minimum atomic E-state index is -3.45. The van der Waals surface area contributed by atoms with Crippen LogP contribution in [0.25, 0.3) is 0 Å². The van der Waals surface area contributed by atoms with Crippen LogP contribution in [0.15, 0.2) is 11.8 Å². The standard InChI is InChI=1S/C21H31F2NO4/c1-4-5-10-16(2)12-13-18(25)17-15-21(22,23)20(27)24(17)14-9-7-6-8-11-19(26)28-3/h13,16-17,25H,6-12,14-15H2,1-3H3/t16-,17?/m0/s1. The molecule has 1 aliphatic rings. The molecule has 1 heterocycles. The van der Waals surface area contributed by atoms with Gasteiger partial charge in [0, 0.05) is 25.8 Å². The molecule has 2 atom stereocenters. The van der Waals surface area contributed by atoms with Crippen LogP contribution in [0.1, 0.15) is 65.2 Å². The van der Waals surface area contributed by atoms with Crippen LogP contribution in [0.2, 0.25) is 0 Å². The number of aliphatic hydroxyl groups excluding tert-OH is 1. The summed E-state index contributed by atoms with van der Waals surface area (Å²) in [5.74, 6) is 0.822. The van der Waals surface area contributed by atoms with Crippen molar-refractivity contribution in [1.82, 2.24) is 4.90 Å². The summed E-state index contributed by atoms with van der Waals surface area (Å²) in [6, 6.07) is -0.984. The highest BCUT2D eigenvalue weighted by molar-refractivity contribution is 5.86. The molecular formula is C21H31F2NO4. The van der Waals surface area contributed by atoms with Gasteiger partial charge >= 0.3 is 11.9 Å². The maximum absolute atomic E-state index is 13.9. The molecule has 0 aromatic heterocycles. The number of alkyl halides is 2. The van der Waals surface area contributed by atoms with Crippen molar-refractivity contribution >= 4 is 11.9 Å². The lowest BCUT2D eigenvalue weighted by atomic mass is 10.0. The second kappa shape index (κ2) is 11.7. The van der Waals surface area contributed by atoms with E-state index in [-0.39, 0.29) is 24.2 Å². The van der Waals surface area contributed by atoms with E-state index in [1.165, 1.54) is 13.2 Å². The third-order valence-electron chi connectivity index (χ3n) is 4.86. The number of carbonyl (C=O) groups excluding carboxylic acids is 2. The number of hydrogen-bond donors (Lipinski definition) is 1. The molecule has 0 aromatic rings. The number of likely N-dealkylation sites (tertiary alicyclic amines) is 1. The molecular weight excluding hydrogens is 368 g/mol. The predicted molar refractivity (Wildman–Crippen MR) is 103 cm³/mol. The zero-order valence-electron chi connectivity index (χ0n) is 17.0. The fourth-order valence-corrected chi connectivity index (χ4v) is 3.14. The summed E-state index contributed by atoms with van der Waals surface area (Å²) in [6.45, 7) is 3.88. The van der Waals surface area contributed by atoms with Crippen molar-refractivity contribution in [1.29, 1.82) is 0 Å². The van der Waals surface area contributed by atoms with Crippen LogP contribution in [0.5, 0.6) is 0 Å². The fourth-order valence-electron chi connectivity index (χ4n) is 3.14. The van der Waals surface area contributed by atoms with Crippen LogP contribution in [0.4, 0.5) is 8.78 Å². The highest BCUT2D eigenvalue weighted by Gasteiger charge is 2.54. The van der Waals surface area contributed by atoms with E-state index in [0.29, 0.717) is 38.5 Å². The molecule has 1 N–H and O–H groups in total. The number of ether oxygens (including phenoxy) is 1. The Kier molecular flexibility index (Phi) is 9.98. The van der Waals surface area contributed by atoms with Gasteiger partial charge in [0.2, 0.25) is 0 Å². The molecule has 1 fully saturated rings. The average Bonchev–Trinajstić information content (AvgIpc) is 2.90. The van der Waals surface area contributed by atoms with E-state index in [0.717, 1.165) is 11.3 Å². The minimum absolute atomic E-state index is 0.159. The molecule has 0 aromatic carbocycles. The first kappa shape index (κ1) is 23.9. The molecule has 1 unspecified atom stereocenters. The van der Waals surface area contributed by atoms with Crippen LogP contribution >= 0.6 is 0 Å². The molecule has 158 valence electrons. The largest absolute Gasteiger partial charge is 0.510 e. The first-order chi connectivity index (χ1) is 13.2. The van der Waals surface area contributed by atoms with Crippen molar-refractivity contribution < 1.29 is 28.2 Å². The van der Waals surface area contributed by atoms with Crippen LogP contribution < -0.4 is 0 Å². The highest BCUT2D eigenvalue weighted by atomic mass is 19.3. The summed E-state index contributed by atoms with van der Waals surface area (Å²) in [5.41, 5.74) is 0. The molecule has 28 heavy (non-hydrogen) atoms. The quantitative estimate of drug-likeness (QED) is 0.244. The van der Waals surface area contributed by atoms with Gasteiger partial charge in [-0.2, -0.15) is 8.78 Å². The molecule has 0 bridgehead atoms. The summed E-state index contributed by atoms with van der Waals surface area (Å²) >= 11 is 0. The number of unbranched alkanes of at least 4 members (excludes halogenated alkanes) is 3. The Hall–Kier alpha value is -2.10. The monoisotopic (exact) mass is 399 g/mol. The molecule has 0 spiro atoms. The molecule has 1 saturated heterocycles. The zero-order chi connectivity index (χ0) is 21.2. The average molecular weight is 399 g/mol. The first-order valence-electron chi connectivity index (χ1n) is 9.77. The van der Waals surface area contributed by atoms with Crippen LogP contribution in [-0.4, -0.2) is 47.5 Å². The normalized spacial score (nSPS) is 19.9. The zero-order valence-corrected chi connectivity index (χ0v) is 17.0. The SMILES string of the molecule is CC#CC[C@H](C)CC=C(O)C1CC(F)(F)C(=O)N1CCCCCCC(=O)OC. The summed E-state index contributed by atoms with van der Waals surface area (Å²) in [5, 5.41) is 10.3. The Morgan fingerprint density at radius 1 is 1.39 bits per heavy atom. The molecule has 0 radical (unpaired) electrons. The number of halogens is 2. The van der Waals surface area contributed by atoms with Crippen LogP contribution in [0, 0.1) is 17.8 Å². The van der Waals surface area contributed by atoms with Gasteiger partial charge in [0.05, 0.1) is 13.2 Å². The van der Waals surface area contributed by atoms with E-state index in [2.05, 4.69) is 16.6 Å². The van der Waals surface area contributed by atoms with Gasteiger partial charge in [0.15, 0.2) is 0 Å². The van der Waals surface area contributed by atoms with E-state index in [1.54, 1.807) is 6.92 Å². The van der Waals surface area contributed by atoms with E-state index >= 15 is 0 Å². The summed E-state index contributed by atoms with van der Waals surface area (Å²) in [7, 11) is 1.33. The number of esters is 1. The third kappa shape index (κ3) is 7.49. The number of methoxy groups -OCH3 is 1. The highest BCUT2D eigenvalue weighted by Crippen LogP contribution is 2.36. The maximum Gasteiger partial charge on any atom is 0.327 e. The number of amides is 1. The van der Waals surface area contributed by atoms with Crippen molar-refractivity contribution in [3.8, 4) is 11.8 Å². The maximum atomic E-state index is 13.9. The Morgan fingerprint density at radius 3 is 2.71 bits per heavy atom. The van der Waals surface area contributed by atoms with E-state index < -0.39 is 24.3 Å². The van der Waals surface area contributed by atoms with Gasteiger partial charge < -0.3 is 14.7 Å². The lowest BCUT2D eigenvalue weighted by molar-refractivity contribution is -0.148. The van der Waals surface area contributed by atoms with Crippen LogP contribution in [-0.2, 0) is 14.3 Å². The lowest BCUT2D eigenvalue weighted by Gasteiger charge is -2.23. The van der Waals surface area contributed by atoms with E-state index in [1.807, 2.05) is 6.92 Å². The molecule has 0 saturated carbocycles. The topological polar surface area (TPSA) is 66.8 Å². The van der Waals surface area contributed by atoms with Gasteiger partial charge in [-0.05, 0) is 38.2 Å². The lowest BCUT2D eigenvalue weighted by Crippen LogP contribution is -2.38. The van der Waals surface area contributed by atoms with Crippen LogP contribution in [0.3, 0.4) is 0 Å². The summed E-state index contributed by atoms with van der Waals surface area (Å²) in [6.07, 6.45) is 4.98. The number of aliphatic hydroxyl groups is 1. The Labute approximate surface area is 166 Å². The molecule has 1 aliphatic heterocycles. The molecule has 1 amide bonds. The molecule has 5 nitrogen and oxygen atoms in total. The fraction of sp³-hybridized carbons (Fsp3) is 0.714. The van der Waals surface area contributed by atoms with Gasteiger partial charge in [0.25, 0.3) is 5.91 Å². The third-order valence-corrected chi connectivity index (χ3v) is 4.86. The van der Waals surface area contributed by atoms with Crippen molar-refractivity contribution in [2.24, 2.45) is 5.92 Å². The second-order valence-corrected chi connectivity index (χ2v) is 7.26. The molecule has 1 rings (SSSR count). The summed E-state index contributed by atoms with van der Waals surface area (Å²) in [4.78, 5) is 24.2. The van der Waals surface area contributed by atoms with E-state index in [4.69, 9.17) is 0 Å². The van der Waals surface area contributed by atoms with Gasteiger partial charge in [-0.25, -0.2) is 0 Å². The Balaban J connectivity index is 2.58. The smallest absolute Gasteiger partial charge is 0.327 e. The second-order valence-electron chi connectivity index (χ2n) is 7.26. The number of hydrogen-bond acceptors (Lipinski definition) is 4. The van der Waals surface area contributed by atoms with E-state index in [9.17, 15) is 23.5 Å². The molecule has 0 aliphatic carbocycles. The minimum Gasteiger partial charge on any atom is -0.510 e. The van der Waals surface area contributed by atoms with Gasteiger partial charge in [-0.15, -0.1) is 11.8 Å². The van der Waals surface area contributed by atoms with Crippen molar-refractivity contribution in [3.05, 3.63) is 11.8 Å². The Bertz CT molecular complexity index is 622. The first-order valence-corrected chi connectivity index (χ1v) is 9.77. The van der Waals surface area contributed by atoms with Gasteiger partial charge in [0.1, 0.15) is 5.76 Å². The summed E-state index contributed by atoms with van der Waals surface area (Å²) < 4.78 is 32.4. The van der Waals surface area contributed by atoms with Gasteiger partial charge in [-0.3, -0.25) is 9.59 Å². The van der Waals surface area contributed by atoms with Crippen molar-refractivity contribution in [3.63, 3.8) is 0 Å². The number of carbonyl (C=O) groups is 2. The van der Waals surface area contributed by atoms with Gasteiger partial charge in [-0.1, -0.05) is 19.8 Å².